The molecule has 0 spiro atoms. The lowest BCUT2D eigenvalue weighted by Gasteiger charge is -2.18. The molecule has 6 nitrogen and oxygen atoms in total. The maximum atomic E-state index is 13.7. The van der Waals surface area contributed by atoms with Gasteiger partial charge >= 0.3 is 0 Å². The highest BCUT2D eigenvalue weighted by molar-refractivity contribution is 5.77. The van der Waals surface area contributed by atoms with Gasteiger partial charge in [-0.15, -0.1) is 0 Å². The molecule has 2 unspecified atom stereocenters. The normalized spacial score (nSPS) is 22.9. The highest BCUT2D eigenvalue weighted by atomic mass is 19.1. The first kappa shape index (κ1) is 20.0. The maximum Gasteiger partial charge on any atom is 0.248 e. The van der Waals surface area contributed by atoms with E-state index in [-0.39, 0.29) is 24.3 Å². The van der Waals surface area contributed by atoms with E-state index in [1.165, 1.54) is 19.3 Å². The van der Waals surface area contributed by atoms with Crippen LogP contribution in [0.3, 0.4) is 0 Å². The molecule has 1 aliphatic carbocycles. The summed E-state index contributed by atoms with van der Waals surface area (Å²) in [6.07, 6.45) is 5.96. The zero-order valence-electron chi connectivity index (χ0n) is 16.7. The molecule has 2 aliphatic rings. The Kier molecular flexibility index (Phi) is 6.54. The largest absolute Gasteiger partial charge is 0.367 e. The molecule has 2 atom stereocenters. The number of hydrogen-bond acceptors (Lipinski definition) is 4. The first-order valence-electron chi connectivity index (χ1n) is 10.6. The van der Waals surface area contributed by atoms with Gasteiger partial charge in [0.15, 0.2) is 5.82 Å². The summed E-state index contributed by atoms with van der Waals surface area (Å²) in [6, 6.07) is 9.75. The van der Waals surface area contributed by atoms with Crippen molar-refractivity contribution in [2.24, 2.45) is 5.92 Å². The molecule has 1 aromatic carbocycles. The van der Waals surface area contributed by atoms with Crippen molar-refractivity contribution in [2.75, 3.05) is 26.4 Å². The van der Waals surface area contributed by atoms with Crippen LogP contribution < -0.4 is 0 Å². The molecule has 1 saturated carbocycles. The first-order chi connectivity index (χ1) is 14.2. The van der Waals surface area contributed by atoms with Crippen LogP contribution in [0, 0.1) is 5.92 Å². The second-order valence-corrected chi connectivity index (χ2v) is 8.21. The third kappa shape index (κ3) is 4.83. The van der Waals surface area contributed by atoms with Crippen molar-refractivity contribution in [1.29, 1.82) is 0 Å². The number of likely N-dealkylation sites (tertiary alicyclic amines) is 1. The number of rotatable bonds is 7. The summed E-state index contributed by atoms with van der Waals surface area (Å²) >= 11 is 0. The van der Waals surface area contributed by atoms with Gasteiger partial charge in [-0.1, -0.05) is 49.6 Å². The van der Waals surface area contributed by atoms with Crippen LogP contribution in [0.5, 0.6) is 0 Å². The van der Waals surface area contributed by atoms with Gasteiger partial charge in [-0.3, -0.25) is 14.3 Å². The van der Waals surface area contributed by atoms with Gasteiger partial charge in [-0.2, -0.15) is 5.10 Å². The fraction of sp³-hybridized carbons (Fsp3) is 0.591. The Morgan fingerprint density at radius 1 is 1.17 bits per heavy atom. The second kappa shape index (κ2) is 9.48. The molecule has 0 bridgehead atoms. The van der Waals surface area contributed by atoms with Crippen LogP contribution in [0.1, 0.15) is 61.2 Å². The quantitative estimate of drug-likeness (QED) is 0.771. The van der Waals surface area contributed by atoms with Crippen LogP contribution in [0.15, 0.2) is 30.3 Å². The lowest BCUT2D eigenvalue weighted by atomic mass is 9.89. The van der Waals surface area contributed by atoms with Gasteiger partial charge in [-0.05, 0) is 18.4 Å². The minimum Gasteiger partial charge on any atom is -0.367 e. The number of ether oxygens (including phenoxy) is 1. The molecule has 4 rings (SSSR count). The number of nitrogens with one attached hydrogen (secondary N) is 1. The number of H-pyrrole nitrogens is 1. The van der Waals surface area contributed by atoms with Crippen molar-refractivity contribution < 1.29 is 13.9 Å². The topological polar surface area (TPSA) is 71.1 Å². The van der Waals surface area contributed by atoms with Crippen LogP contribution in [0.25, 0.3) is 0 Å². The fourth-order valence-electron chi connectivity index (χ4n) is 4.46. The number of halogens is 1. The van der Waals surface area contributed by atoms with E-state index in [1.807, 2.05) is 30.3 Å². The molecule has 7 heteroatoms. The Hall–Kier alpha value is -2.28. The average molecular weight is 400 g/mol. The maximum absolute atomic E-state index is 13.7. The molecule has 0 radical (unpaired) electrons. The number of nitrogens with zero attached hydrogens (tertiary/aromatic N) is 3. The summed E-state index contributed by atoms with van der Waals surface area (Å²) in [5.41, 5.74) is 1.03. The fourth-order valence-corrected chi connectivity index (χ4v) is 4.46. The molecule has 2 heterocycles. The lowest BCUT2D eigenvalue weighted by Crippen LogP contribution is -2.32. The van der Waals surface area contributed by atoms with E-state index >= 15 is 0 Å². The van der Waals surface area contributed by atoms with E-state index in [4.69, 9.17) is 9.72 Å². The highest BCUT2D eigenvalue weighted by Gasteiger charge is 2.38. The van der Waals surface area contributed by atoms with Gasteiger partial charge in [-0.25, -0.2) is 4.98 Å². The second-order valence-electron chi connectivity index (χ2n) is 8.21. The van der Waals surface area contributed by atoms with Gasteiger partial charge in [0.2, 0.25) is 5.91 Å². The summed E-state index contributed by atoms with van der Waals surface area (Å²) < 4.78 is 19.2. The number of benzene rings is 1. The number of aromatic nitrogens is 3. The molecule has 1 saturated heterocycles. The van der Waals surface area contributed by atoms with E-state index < -0.39 is 6.67 Å². The van der Waals surface area contributed by atoms with Crippen LogP contribution in [-0.4, -0.2) is 52.4 Å². The Morgan fingerprint density at radius 2 is 1.97 bits per heavy atom. The van der Waals surface area contributed by atoms with E-state index in [0.717, 1.165) is 24.2 Å². The number of amides is 1. The average Bonchev–Trinajstić information content (AvgIpc) is 3.42. The Bertz CT molecular complexity index is 791. The van der Waals surface area contributed by atoms with Crippen molar-refractivity contribution in [3.63, 3.8) is 0 Å². The molecular weight excluding hydrogens is 371 g/mol. The molecule has 2 fully saturated rings. The molecule has 1 aliphatic heterocycles. The lowest BCUT2D eigenvalue weighted by molar-refractivity contribution is -0.135. The van der Waals surface area contributed by atoms with E-state index in [1.54, 1.807) is 4.90 Å². The monoisotopic (exact) mass is 400 g/mol. The summed E-state index contributed by atoms with van der Waals surface area (Å²) in [4.78, 5) is 19.0. The molecule has 2 aromatic rings. The zero-order valence-corrected chi connectivity index (χ0v) is 16.7. The number of alkyl halides is 1. The third-order valence-electron chi connectivity index (χ3n) is 6.17. The summed E-state index contributed by atoms with van der Waals surface area (Å²) in [5, 5.41) is 7.46. The Morgan fingerprint density at radius 3 is 2.72 bits per heavy atom. The molecule has 29 heavy (non-hydrogen) atoms. The van der Waals surface area contributed by atoms with Gasteiger partial charge < -0.3 is 9.64 Å². The highest BCUT2D eigenvalue weighted by Crippen LogP contribution is 2.34. The van der Waals surface area contributed by atoms with Crippen LogP contribution in [0.2, 0.25) is 0 Å². The summed E-state index contributed by atoms with van der Waals surface area (Å²) in [7, 11) is 0. The predicted octanol–water partition coefficient (Wildman–Crippen LogP) is 3.58. The molecular formula is C22H29FN4O2. The van der Waals surface area contributed by atoms with Crippen molar-refractivity contribution in [3.05, 3.63) is 47.5 Å². The van der Waals surface area contributed by atoms with E-state index in [0.29, 0.717) is 31.4 Å². The minimum atomic E-state index is -0.473. The van der Waals surface area contributed by atoms with Crippen LogP contribution >= 0.6 is 0 Å². The molecule has 1 aromatic heterocycles. The Balaban J connectivity index is 1.33. The smallest absolute Gasteiger partial charge is 0.248 e. The Labute approximate surface area is 170 Å². The van der Waals surface area contributed by atoms with Gasteiger partial charge in [0, 0.05) is 30.8 Å². The third-order valence-corrected chi connectivity index (χ3v) is 6.17. The molecule has 1 amide bonds. The number of carbonyl (C=O) groups excluding carboxylic acids is 1. The van der Waals surface area contributed by atoms with Crippen molar-refractivity contribution >= 4 is 5.91 Å². The predicted molar refractivity (Wildman–Crippen MR) is 107 cm³/mol. The SMILES string of the molecule is O=C(COCc1ccccc1)N1CC(CF)C(c2nc(C3CCCCC3)n[nH]2)C1. The number of aromatic amines is 1. The van der Waals surface area contributed by atoms with Crippen LogP contribution in [-0.2, 0) is 16.1 Å². The van der Waals surface area contributed by atoms with Gasteiger partial charge in [0.1, 0.15) is 12.4 Å². The van der Waals surface area contributed by atoms with Crippen LogP contribution in [0.4, 0.5) is 4.39 Å². The van der Waals surface area contributed by atoms with E-state index in [2.05, 4.69) is 10.2 Å². The molecule has 156 valence electrons. The summed E-state index contributed by atoms with van der Waals surface area (Å²) in [5.74, 6) is 1.49. The zero-order chi connectivity index (χ0) is 20.1. The summed E-state index contributed by atoms with van der Waals surface area (Å²) in [6.45, 7) is 0.780. The number of carbonyl (C=O) groups is 1. The number of hydrogen-bond donors (Lipinski definition) is 1. The van der Waals surface area contributed by atoms with E-state index in [9.17, 15) is 9.18 Å². The van der Waals surface area contributed by atoms with Crippen molar-refractivity contribution in [1.82, 2.24) is 20.1 Å². The first-order valence-corrected chi connectivity index (χ1v) is 10.6. The van der Waals surface area contributed by atoms with Crippen molar-refractivity contribution in [2.45, 2.75) is 50.5 Å². The standard InChI is InChI=1S/C22H29FN4O2/c23-11-18-12-27(20(28)15-29-14-16-7-3-1-4-8-16)13-19(18)22-24-21(25-26-22)17-9-5-2-6-10-17/h1,3-4,7-8,17-19H,2,5-6,9-15H2,(H,24,25,26). The minimum absolute atomic E-state index is 0.00431. The van der Waals surface area contributed by atoms with Crippen molar-refractivity contribution in [3.8, 4) is 0 Å². The van der Waals surface area contributed by atoms with Gasteiger partial charge in [0.25, 0.3) is 0 Å². The van der Waals surface area contributed by atoms with Gasteiger partial charge in [0.05, 0.1) is 13.3 Å². The molecule has 1 N–H and O–H groups in total.